The number of nitrogens with one attached hydrogen (secondary N) is 2. The van der Waals surface area contributed by atoms with E-state index in [1.54, 1.807) is 11.3 Å². The summed E-state index contributed by atoms with van der Waals surface area (Å²) < 4.78 is 0. The van der Waals surface area contributed by atoms with Crippen LogP contribution < -0.4 is 10.6 Å². The van der Waals surface area contributed by atoms with Gasteiger partial charge in [0.25, 0.3) is 0 Å². The molecule has 1 aromatic heterocycles. The van der Waals surface area contributed by atoms with Gasteiger partial charge >= 0.3 is 0 Å². The standard InChI is InChI=1S/C9H10N2O2S/c12-8-4-7(9(13)11-8)10-5-6-2-1-3-14-6/h1-3,7,10H,4-5H2,(H,11,12,13). The number of amides is 2. The minimum absolute atomic E-state index is 0.196. The first-order valence-electron chi connectivity index (χ1n) is 4.35. The van der Waals surface area contributed by atoms with Crippen LogP contribution in [0.3, 0.4) is 0 Å². The molecule has 2 N–H and O–H groups in total. The summed E-state index contributed by atoms with van der Waals surface area (Å²) in [7, 11) is 0. The summed E-state index contributed by atoms with van der Waals surface area (Å²) in [4.78, 5) is 23.2. The van der Waals surface area contributed by atoms with Gasteiger partial charge in [-0.1, -0.05) is 6.07 Å². The molecule has 1 fully saturated rings. The average molecular weight is 210 g/mol. The molecule has 14 heavy (non-hydrogen) atoms. The van der Waals surface area contributed by atoms with E-state index >= 15 is 0 Å². The second-order valence-corrected chi connectivity index (χ2v) is 4.16. The second kappa shape index (κ2) is 3.89. The van der Waals surface area contributed by atoms with E-state index in [1.165, 1.54) is 0 Å². The molecule has 5 heteroatoms. The van der Waals surface area contributed by atoms with Gasteiger partial charge in [-0.25, -0.2) is 0 Å². The summed E-state index contributed by atoms with van der Waals surface area (Å²) in [6.07, 6.45) is 0.254. The van der Waals surface area contributed by atoms with E-state index in [4.69, 9.17) is 0 Å². The van der Waals surface area contributed by atoms with Crippen LogP contribution >= 0.6 is 11.3 Å². The molecule has 1 aliphatic heterocycles. The maximum Gasteiger partial charge on any atom is 0.244 e. The third-order valence-corrected chi connectivity index (χ3v) is 2.95. The third kappa shape index (κ3) is 2.00. The van der Waals surface area contributed by atoms with Crippen LogP contribution in [0, 0.1) is 0 Å². The fraction of sp³-hybridized carbons (Fsp3) is 0.333. The molecule has 2 amide bonds. The van der Waals surface area contributed by atoms with Crippen LogP contribution in [0.15, 0.2) is 17.5 Å². The van der Waals surface area contributed by atoms with E-state index < -0.39 is 0 Å². The van der Waals surface area contributed by atoms with Gasteiger partial charge in [-0.3, -0.25) is 14.9 Å². The summed E-state index contributed by atoms with van der Waals surface area (Å²) in [6.45, 7) is 0.642. The number of imide groups is 1. The number of carbonyl (C=O) groups excluding carboxylic acids is 2. The summed E-state index contributed by atoms with van der Waals surface area (Å²) in [6, 6.07) is 3.60. The quantitative estimate of drug-likeness (QED) is 0.703. The molecular weight excluding hydrogens is 200 g/mol. The smallest absolute Gasteiger partial charge is 0.244 e. The summed E-state index contributed by atoms with van der Waals surface area (Å²) in [5.74, 6) is -0.412. The lowest BCUT2D eigenvalue weighted by Crippen LogP contribution is -2.35. The SMILES string of the molecule is O=C1CC(NCc2cccs2)C(=O)N1. The molecule has 1 aliphatic rings. The molecule has 0 bridgehead atoms. The van der Waals surface area contributed by atoms with Gasteiger partial charge in [0.15, 0.2) is 0 Å². The van der Waals surface area contributed by atoms with Crippen LogP contribution in [0.2, 0.25) is 0 Å². The second-order valence-electron chi connectivity index (χ2n) is 3.13. The van der Waals surface area contributed by atoms with Gasteiger partial charge in [0.1, 0.15) is 0 Å². The van der Waals surface area contributed by atoms with Crippen LogP contribution in [-0.2, 0) is 16.1 Å². The van der Waals surface area contributed by atoms with Crippen LogP contribution in [0.1, 0.15) is 11.3 Å². The van der Waals surface area contributed by atoms with Crippen molar-refractivity contribution in [3.63, 3.8) is 0 Å². The summed E-state index contributed by atoms with van der Waals surface area (Å²) >= 11 is 1.63. The number of carbonyl (C=O) groups is 2. The van der Waals surface area contributed by atoms with E-state index in [2.05, 4.69) is 10.6 Å². The molecule has 1 saturated heterocycles. The van der Waals surface area contributed by atoms with Crippen molar-refractivity contribution in [1.82, 2.24) is 10.6 Å². The molecule has 1 aromatic rings. The van der Waals surface area contributed by atoms with Crippen molar-refractivity contribution >= 4 is 23.2 Å². The molecule has 0 spiro atoms. The van der Waals surface area contributed by atoms with Crippen LogP contribution in [0.25, 0.3) is 0 Å². The zero-order valence-electron chi connectivity index (χ0n) is 7.45. The van der Waals surface area contributed by atoms with Gasteiger partial charge in [0, 0.05) is 11.4 Å². The predicted octanol–water partition coefficient (Wildman–Crippen LogP) is 0.253. The van der Waals surface area contributed by atoms with E-state index in [-0.39, 0.29) is 24.3 Å². The number of hydrogen-bond acceptors (Lipinski definition) is 4. The van der Waals surface area contributed by atoms with Gasteiger partial charge in [-0.05, 0) is 11.4 Å². The lowest BCUT2D eigenvalue weighted by Gasteiger charge is -2.06. The highest BCUT2D eigenvalue weighted by Gasteiger charge is 2.29. The van der Waals surface area contributed by atoms with Crippen molar-refractivity contribution in [3.05, 3.63) is 22.4 Å². The lowest BCUT2D eigenvalue weighted by atomic mass is 10.2. The highest BCUT2D eigenvalue weighted by molar-refractivity contribution is 7.09. The van der Waals surface area contributed by atoms with Gasteiger partial charge in [0.2, 0.25) is 11.8 Å². The first-order chi connectivity index (χ1) is 6.75. The largest absolute Gasteiger partial charge is 0.300 e. The zero-order chi connectivity index (χ0) is 9.97. The average Bonchev–Trinajstić information content (AvgIpc) is 2.72. The van der Waals surface area contributed by atoms with Crippen molar-refractivity contribution in [1.29, 1.82) is 0 Å². The minimum atomic E-state index is -0.357. The predicted molar refractivity (Wildman–Crippen MR) is 52.7 cm³/mol. The Labute approximate surface area is 85.3 Å². The van der Waals surface area contributed by atoms with E-state index in [9.17, 15) is 9.59 Å². The monoisotopic (exact) mass is 210 g/mol. The van der Waals surface area contributed by atoms with Gasteiger partial charge in [0.05, 0.1) is 12.5 Å². The fourth-order valence-corrected chi connectivity index (χ4v) is 2.01. The maximum atomic E-state index is 11.2. The Kier molecular flexibility index (Phi) is 2.60. The minimum Gasteiger partial charge on any atom is -0.300 e. The summed E-state index contributed by atoms with van der Waals surface area (Å²) in [5.41, 5.74) is 0. The Morgan fingerprint density at radius 2 is 2.43 bits per heavy atom. The van der Waals surface area contributed by atoms with E-state index in [0.717, 1.165) is 4.88 Å². The first-order valence-corrected chi connectivity index (χ1v) is 5.23. The van der Waals surface area contributed by atoms with E-state index in [1.807, 2.05) is 17.5 Å². The Bertz CT molecular complexity index is 348. The van der Waals surface area contributed by atoms with Crippen molar-refractivity contribution in [2.24, 2.45) is 0 Å². The van der Waals surface area contributed by atoms with Crippen molar-refractivity contribution < 1.29 is 9.59 Å². The zero-order valence-corrected chi connectivity index (χ0v) is 8.26. The normalized spacial score (nSPS) is 21.3. The van der Waals surface area contributed by atoms with Crippen LogP contribution in [-0.4, -0.2) is 17.9 Å². The summed E-state index contributed by atoms with van der Waals surface area (Å²) in [5, 5.41) is 7.28. The van der Waals surface area contributed by atoms with Crippen molar-refractivity contribution in [2.75, 3.05) is 0 Å². The number of thiophene rings is 1. The van der Waals surface area contributed by atoms with Crippen molar-refractivity contribution in [3.8, 4) is 0 Å². The molecule has 0 radical (unpaired) electrons. The Morgan fingerprint density at radius 1 is 1.57 bits per heavy atom. The molecular formula is C9H10N2O2S. The molecule has 2 rings (SSSR count). The first kappa shape index (κ1) is 9.36. The molecule has 0 saturated carbocycles. The van der Waals surface area contributed by atoms with Crippen molar-refractivity contribution in [2.45, 2.75) is 19.0 Å². The van der Waals surface area contributed by atoms with Crippen LogP contribution in [0.5, 0.6) is 0 Å². The molecule has 74 valence electrons. The van der Waals surface area contributed by atoms with Gasteiger partial charge < -0.3 is 5.32 Å². The number of rotatable bonds is 3. The molecule has 0 aliphatic carbocycles. The Morgan fingerprint density at radius 3 is 3.00 bits per heavy atom. The molecule has 1 unspecified atom stereocenters. The van der Waals surface area contributed by atoms with Crippen LogP contribution in [0.4, 0.5) is 0 Å². The highest BCUT2D eigenvalue weighted by Crippen LogP contribution is 2.09. The number of hydrogen-bond donors (Lipinski definition) is 2. The lowest BCUT2D eigenvalue weighted by molar-refractivity contribution is -0.125. The molecule has 0 aromatic carbocycles. The third-order valence-electron chi connectivity index (χ3n) is 2.07. The Hall–Kier alpha value is -1.20. The Balaban J connectivity index is 1.87. The van der Waals surface area contributed by atoms with E-state index in [0.29, 0.717) is 6.54 Å². The highest BCUT2D eigenvalue weighted by atomic mass is 32.1. The fourth-order valence-electron chi connectivity index (χ4n) is 1.36. The van der Waals surface area contributed by atoms with Gasteiger partial charge in [-0.2, -0.15) is 0 Å². The molecule has 2 heterocycles. The maximum absolute atomic E-state index is 11.2. The van der Waals surface area contributed by atoms with Gasteiger partial charge in [-0.15, -0.1) is 11.3 Å². The molecule has 4 nitrogen and oxygen atoms in total. The molecule has 1 atom stereocenters. The topological polar surface area (TPSA) is 58.2 Å².